The molecule has 0 aliphatic carbocycles. The summed E-state index contributed by atoms with van der Waals surface area (Å²) in [5.74, 6) is 0.563. The van der Waals surface area contributed by atoms with Crippen LogP contribution < -0.4 is 5.73 Å². The molecule has 112 valence electrons. The van der Waals surface area contributed by atoms with Crippen LogP contribution in [0.15, 0.2) is 30.5 Å². The topological polar surface area (TPSA) is 57.9 Å². The molecule has 2 heterocycles. The average molecular weight is 284 g/mol. The summed E-state index contributed by atoms with van der Waals surface area (Å²) in [6.07, 6.45) is 3.03. The minimum absolute atomic E-state index is 0.349. The molecule has 0 radical (unpaired) electrons. The maximum atomic E-state index is 6.10. The van der Waals surface area contributed by atoms with Gasteiger partial charge in [0, 0.05) is 24.7 Å². The molecular weight excluding hydrogens is 260 g/mol. The lowest BCUT2D eigenvalue weighted by molar-refractivity contribution is 0.158. The van der Waals surface area contributed by atoms with Gasteiger partial charge in [-0.05, 0) is 31.4 Å². The van der Waals surface area contributed by atoms with E-state index in [0.29, 0.717) is 12.0 Å². The second kappa shape index (κ2) is 6.00. The summed E-state index contributed by atoms with van der Waals surface area (Å²) in [5.41, 5.74) is 11.0. The molecule has 1 aromatic heterocycles. The van der Waals surface area contributed by atoms with Gasteiger partial charge in [0.2, 0.25) is 0 Å². The first-order valence-corrected chi connectivity index (χ1v) is 7.70. The molecule has 1 aliphatic heterocycles. The normalized spacial score (nSPS) is 23.4. The number of hydrogen-bond acceptors (Lipinski definition) is 3. The Labute approximate surface area is 126 Å². The molecule has 4 nitrogen and oxygen atoms in total. The lowest BCUT2D eigenvalue weighted by Gasteiger charge is -2.35. The molecule has 0 amide bonds. The van der Waals surface area contributed by atoms with Crippen LogP contribution in [0.2, 0.25) is 0 Å². The fraction of sp³-hybridized carbons (Fsp3) is 0.471. The first kappa shape index (κ1) is 14.3. The summed E-state index contributed by atoms with van der Waals surface area (Å²) >= 11 is 0. The number of aromatic nitrogens is 2. The molecule has 1 fully saturated rings. The fourth-order valence-corrected chi connectivity index (χ4v) is 3.04. The van der Waals surface area contributed by atoms with E-state index in [2.05, 4.69) is 53.2 Å². The number of hydrogen-bond donors (Lipinski definition) is 2. The van der Waals surface area contributed by atoms with Crippen molar-refractivity contribution in [3.05, 3.63) is 41.6 Å². The van der Waals surface area contributed by atoms with Gasteiger partial charge in [0.25, 0.3) is 0 Å². The van der Waals surface area contributed by atoms with Crippen LogP contribution in [0.3, 0.4) is 0 Å². The number of aryl methyl sites for hydroxylation is 1. The van der Waals surface area contributed by atoms with Crippen LogP contribution in [0.25, 0.3) is 11.3 Å². The van der Waals surface area contributed by atoms with Gasteiger partial charge in [-0.25, -0.2) is 0 Å². The van der Waals surface area contributed by atoms with Crippen LogP contribution in [0.4, 0.5) is 0 Å². The molecule has 2 unspecified atom stereocenters. The summed E-state index contributed by atoms with van der Waals surface area (Å²) in [6, 6.07) is 8.94. The molecule has 2 atom stereocenters. The third-order valence-electron chi connectivity index (χ3n) is 4.51. The Kier molecular flexibility index (Phi) is 4.08. The highest BCUT2D eigenvalue weighted by molar-refractivity contribution is 5.62. The molecule has 2 aromatic rings. The average Bonchev–Trinajstić information content (AvgIpc) is 2.92. The highest BCUT2D eigenvalue weighted by Crippen LogP contribution is 2.24. The molecule has 1 saturated heterocycles. The van der Waals surface area contributed by atoms with Gasteiger partial charge in [0.05, 0.1) is 11.9 Å². The summed E-state index contributed by atoms with van der Waals surface area (Å²) in [6.45, 7) is 7.43. The fourth-order valence-electron chi connectivity index (χ4n) is 3.04. The molecule has 0 bridgehead atoms. The van der Waals surface area contributed by atoms with Crippen LogP contribution >= 0.6 is 0 Å². The second-order valence-corrected chi connectivity index (χ2v) is 6.30. The van der Waals surface area contributed by atoms with Gasteiger partial charge in [-0.3, -0.25) is 10.00 Å². The van der Waals surface area contributed by atoms with Crippen LogP contribution in [0.5, 0.6) is 0 Å². The van der Waals surface area contributed by atoms with E-state index in [-0.39, 0.29) is 0 Å². The Morgan fingerprint density at radius 1 is 1.33 bits per heavy atom. The van der Waals surface area contributed by atoms with Crippen LogP contribution in [0, 0.1) is 12.8 Å². The van der Waals surface area contributed by atoms with Gasteiger partial charge in [0.15, 0.2) is 0 Å². The van der Waals surface area contributed by atoms with E-state index in [0.717, 1.165) is 31.7 Å². The Morgan fingerprint density at radius 2 is 2.10 bits per heavy atom. The zero-order chi connectivity index (χ0) is 14.8. The van der Waals surface area contributed by atoms with Gasteiger partial charge in [-0.2, -0.15) is 5.10 Å². The lowest BCUT2D eigenvalue weighted by atomic mass is 9.94. The number of piperidine rings is 1. The largest absolute Gasteiger partial charge is 0.327 e. The number of aromatic amines is 1. The molecule has 1 aliphatic rings. The first-order valence-electron chi connectivity index (χ1n) is 7.70. The predicted octanol–water partition coefficient (Wildman–Crippen LogP) is 2.55. The SMILES string of the molecule is Cc1ccc(-c2[nH]ncc2CN2CCC(N)C(C)C2)cc1. The number of rotatable bonds is 3. The smallest absolute Gasteiger partial charge is 0.0695 e. The van der Waals surface area contributed by atoms with Gasteiger partial charge >= 0.3 is 0 Å². The molecule has 3 N–H and O–H groups in total. The van der Waals surface area contributed by atoms with Gasteiger partial charge in [-0.15, -0.1) is 0 Å². The maximum Gasteiger partial charge on any atom is 0.0695 e. The zero-order valence-electron chi connectivity index (χ0n) is 12.8. The minimum atomic E-state index is 0.349. The predicted molar refractivity (Wildman–Crippen MR) is 85.8 cm³/mol. The van der Waals surface area contributed by atoms with Crippen molar-refractivity contribution in [1.82, 2.24) is 15.1 Å². The van der Waals surface area contributed by atoms with E-state index in [9.17, 15) is 0 Å². The van der Waals surface area contributed by atoms with Crippen molar-refractivity contribution in [3.63, 3.8) is 0 Å². The molecule has 0 spiro atoms. The summed E-state index contributed by atoms with van der Waals surface area (Å²) in [4.78, 5) is 2.48. The second-order valence-electron chi connectivity index (χ2n) is 6.30. The van der Waals surface area contributed by atoms with Crippen molar-refractivity contribution < 1.29 is 0 Å². The molecule has 21 heavy (non-hydrogen) atoms. The Morgan fingerprint density at radius 3 is 2.81 bits per heavy atom. The van der Waals surface area contributed by atoms with E-state index in [4.69, 9.17) is 5.73 Å². The number of nitrogens with zero attached hydrogens (tertiary/aromatic N) is 2. The highest BCUT2D eigenvalue weighted by Gasteiger charge is 2.23. The monoisotopic (exact) mass is 284 g/mol. The first-order chi connectivity index (χ1) is 10.1. The van der Waals surface area contributed by atoms with Crippen molar-refractivity contribution in [2.45, 2.75) is 32.9 Å². The van der Waals surface area contributed by atoms with E-state index < -0.39 is 0 Å². The third kappa shape index (κ3) is 3.17. The Hall–Kier alpha value is -1.65. The summed E-state index contributed by atoms with van der Waals surface area (Å²) < 4.78 is 0. The van der Waals surface area contributed by atoms with E-state index >= 15 is 0 Å². The molecule has 4 heteroatoms. The maximum absolute atomic E-state index is 6.10. The van der Waals surface area contributed by atoms with Crippen molar-refractivity contribution in [3.8, 4) is 11.3 Å². The van der Waals surface area contributed by atoms with Crippen molar-refractivity contribution in [2.24, 2.45) is 11.7 Å². The number of nitrogens with two attached hydrogens (primary N) is 1. The van der Waals surface area contributed by atoms with Gasteiger partial charge < -0.3 is 5.73 Å². The Balaban J connectivity index is 1.75. The molecule has 0 saturated carbocycles. The standard InChI is InChI=1S/C17H24N4/c1-12-3-5-14(6-4-12)17-15(9-19-20-17)11-21-8-7-16(18)13(2)10-21/h3-6,9,13,16H,7-8,10-11,18H2,1-2H3,(H,19,20). The van der Waals surface area contributed by atoms with Crippen molar-refractivity contribution >= 4 is 0 Å². The van der Waals surface area contributed by atoms with Crippen molar-refractivity contribution in [1.29, 1.82) is 0 Å². The quantitative estimate of drug-likeness (QED) is 0.910. The van der Waals surface area contributed by atoms with Crippen LogP contribution in [-0.2, 0) is 6.54 Å². The van der Waals surface area contributed by atoms with Crippen LogP contribution in [-0.4, -0.2) is 34.2 Å². The van der Waals surface area contributed by atoms with E-state index in [1.54, 1.807) is 0 Å². The summed E-state index contributed by atoms with van der Waals surface area (Å²) in [7, 11) is 0. The molecular formula is C17H24N4. The zero-order valence-corrected chi connectivity index (χ0v) is 12.8. The summed E-state index contributed by atoms with van der Waals surface area (Å²) in [5, 5.41) is 7.39. The lowest BCUT2D eigenvalue weighted by Crippen LogP contribution is -2.45. The minimum Gasteiger partial charge on any atom is -0.327 e. The van der Waals surface area contributed by atoms with Crippen LogP contribution in [0.1, 0.15) is 24.5 Å². The molecule has 1 aromatic carbocycles. The number of benzene rings is 1. The third-order valence-corrected chi connectivity index (χ3v) is 4.51. The van der Waals surface area contributed by atoms with E-state index in [1.165, 1.54) is 16.7 Å². The molecule has 3 rings (SSSR count). The highest BCUT2D eigenvalue weighted by atomic mass is 15.2. The number of likely N-dealkylation sites (tertiary alicyclic amines) is 1. The Bertz CT molecular complexity index is 587. The van der Waals surface area contributed by atoms with E-state index in [1.807, 2.05) is 6.20 Å². The number of nitrogens with one attached hydrogen (secondary N) is 1. The van der Waals surface area contributed by atoms with Crippen molar-refractivity contribution in [2.75, 3.05) is 13.1 Å². The van der Waals surface area contributed by atoms with Gasteiger partial charge in [-0.1, -0.05) is 36.8 Å². The number of H-pyrrole nitrogens is 1. The van der Waals surface area contributed by atoms with Gasteiger partial charge in [0.1, 0.15) is 0 Å².